The van der Waals surface area contributed by atoms with Crippen LogP contribution >= 0.6 is 0 Å². The number of nitrogens with two attached hydrogens (primary N) is 1. The number of anilines is 1. The molecule has 0 saturated heterocycles. The topological polar surface area (TPSA) is 29.3 Å². The van der Waals surface area contributed by atoms with Crippen molar-refractivity contribution in [1.82, 2.24) is 0 Å². The van der Waals surface area contributed by atoms with Crippen LogP contribution in [0.25, 0.3) is 0 Å². The highest BCUT2D eigenvalue weighted by Gasteiger charge is 2.30. The second-order valence-corrected chi connectivity index (χ2v) is 6.57. The summed E-state index contributed by atoms with van der Waals surface area (Å²) in [7, 11) is 0. The minimum atomic E-state index is -0.0983. The predicted molar refractivity (Wildman–Crippen MR) is 83.6 cm³/mol. The number of hydrogen-bond donors (Lipinski definition) is 1. The van der Waals surface area contributed by atoms with Gasteiger partial charge in [0, 0.05) is 18.6 Å². The zero-order valence-corrected chi connectivity index (χ0v) is 12.9. The SMILES string of the molecule is CC(C)CCN(c1ccc(CC(C)N)cc1F)C1CC1. The first-order valence-electron chi connectivity index (χ1n) is 7.78. The van der Waals surface area contributed by atoms with Gasteiger partial charge in [-0.2, -0.15) is 0 Å². The molecule has 0 bridgehead atoms. The summed E-state index contributed by atoms with van der Waals surface area (Å²) in [6.07, 6.45) is 4.22. The number of nitrogens with zero attached hydrogens (tertiary/aromatic N) is 1. The first kappa shape index (κ1) is 15.3. The normalized spacial score (nSPS) is 16.5. The molecule has 0 heterocycles. The van der Waals surface area contributed by atoms with Crippen LogP contribution in [0, 0.1) is 11.7 Å². The fraction of sp³-hybridized carbons (Fsp3) is 0.647. The van der Waals surface area contributed by atoms with Crippen molar-refractivity contribution in [3.8, 4) is 0 Å². The number of halogens is 1. The molecule has 2 rings (SSSR count). The van der Waals surface area contributed by atoms with E-state index >= 15 is 0 Å². The van der Waals surface area contributed by atoms with Crippen LogP contribution in [0.5, 0.6) is 0 Å². The summed E-state index contributed by atoms with van der Waals surface area (Å²) in [5, 5.41) is 0. The van der Waals surface area contributed by atoms with E-state index in [1.807, 2.05) is 19.1 Å². The van der Waals surface area contributed by atoms with Gasteiger partial charge in [0.05, 0.1) is 5.69 Å². The van der Waals surface area contributed by atoms with Crippen molar-refractivity contribution in [1.29, 1.82) is 0 Å². The van der Waals surface area contributed by atoms with Crippen LogP contribution in [-0.4, -0.2) is 18.6 Å². The van der Waals surface area contributed by atoms with Gasteiger partial charge < -0.3 is 10.6 Å². The smallest absolute Gasteiger partial charge is 0.146 e. The third kappa shape index (κ3) is 4.20. The second-order valence-electron chi connectivity index (χ2n) is 6.57. The third-order valence-electron chi connectivity index (χ3n) is 3.81. The Balaban J connectivity index is 2.12. The monoisotopic (exact) mass is 278 g/mol. The predicted octanol–water partition coefficient (Wildman–Crippen LogP) is 3.73. The van der Waals surface area contributed by atoms with Crippen LogP contribution in [0.4, 0.5) is 10.1 Å². The van der Waals surface area contributed by atoms with Gasteiger partial charge in [-0.3, -0.25) is 0 Å². The van der Waals surface area contributed by atoms with Crippen molar-refractivity contribution in [3.63, 3.8) is 0 Å². The molecule has 0 radical (unpaired) electrons. The maximum atomic E-state index is 14.4. The van der Waals surface area contributed by atoms with Crippen molar-refractivity contribution in [2.24, 2.45) is 11.7 Å². The minimum Gasteiger partial charge on any atom is -0.366 e. The lowest BCUT2D eigenvalue weighted by Gasteiger charge is -2.26. The quantitative estimate of drug-likeness (QED) is 0.823. The fourth-order valence-electron chi connectivity index (χ4n) is 2.57. The molecule has 20 heavy (non-hydrogen) atoms. The van der Waals surface area contributed by atoms with Crippen molar-refractivity contribution in [2.75, 3.05) is 11.4 Å². The Labute approximate surface area is 122 Å². The summed E-state index contributed by atoms with van der Waals surface area (Å²) in [6.45, 7) is 7.33. The molecule has 1 fully saturated rings. The maximum Gasteiger partial charge on any atom is 0.146 e. The van der Waals surface area contributed by atoms with E-state index in [4.69, 9.17) is 5.73 Å². The van der Waals surface area contributed by atoms with Crippen molar-refractivity contribution < 1.29 is 4.39 Å². The lowest BCUT2D eigenvalue weighted by molar-refractivity contribution is 0.558. The average Bonchev–Trinajstić information content (AvgIpc) is 3.15. The molecular weight excluding hydrogens is 251 g/mol. The molecule has 3 heteroatoms. The molecule has 1 atom stereocenters. The molecule has 1 unspecified atom stereocenters. The summed E-state index contributed by atoms with van der Waals surface area (Å²) < 4.78 is 14.4. The molecule has 0 aromatic heterocycles. The second kappa shape index (κ2) is 6.57. The summed E-state index contributed by atoms with van der Waals surface area (Å²) >= 11 is 0. The van der Waals surface area contributed by atoms with E-state index in [1.54, 1.807) is 6.07 Å². The molecule has 2 nitrogen and oxygen atoms in total. The van der Waals surface area contributed by atoms with Crippen molar-refractivity contribution >= 4 is 5.69 Å². The molecule has 1 saturated carbocycles. The molecular formula is C17H27FN2. The Kier molecular flexibility index (Phi) is 5.03. The van der Waals surface area contributed by atoms with Crippen LogP contribution in [0.1, 0.15) is 45.6 Å². The minimum absolute atomic E-state index is 0.0701. The fourth-order valence-corrected chi connectivity index (χ4v) is 2.57. The zero-order valence-electron chi connectivity index (χ0n) is 12.9. The highest BCUT2D eigenvalue weighted by atomic mass is 19.1. The van der Waals surface area contributed by atoms with E-state index in [1.165, 1.54) is 12.8 Å². The van der Waals surface area contributed by atoms with Gasteiger partial charge in [-0.05, 0) is 56.2 Å². The molecule has 2 N–H and O–H groups in total. The van der Waals surface area contributed by atoms with E-state index < -0.39 is 0 Å². The Hall–Kier alpha value is -1.09. The standard InChI is InChI=1S/C17H27FN2/c1-12(2)8-9-20(15-5-6-15)17-7-4-14(10-13(3)19)11-16(17)18/h4,7,11-13,15H,5-6,8-10,19H2,1-3H3. The molecule has 1 aliphatic rings. The van der Waals surface area contributed by atoms with Gasteiger partial charge >= 0.3 is 0 Å². The van der Waals surface area contributed by atoms with E-state index in [0.29, 0.717) is 12.0 Å². The Morgan fingerprint density at radius 1 is 1.30 bits per heavy atom. The van der Waals surface area contributed by atoms with Gasteiger partial charge in [0.25, 0.3) is 0 Å². The van der Waals surface area contributed by atoms with Gasteiger partial charge in [0.1, 0.15) is 5.82 Å². The van der Waals surface area contributed by atoms with Gasteiger partial charge in [-0.1, -0.05) is 19.9 Å². The highest BCUT2D eigenvalue weighted by molar-refractivity contribution is 5.51. The van der Waals surface area contributed by atoms with Crippen LogP contribution in [0.3, 0.4) is 0 Å². The molecule has 1 aromatic carbocycles. The molecule has 0 spiro atoms. The molecule has 1 aromatic rings. The van der Waals surface area contributed by atoms with Crippen LogP contribution in [0.15, 0.2) is 18.2 Å². The Morgan fingerprint density at radius 3 is 2.50 bits per heavy atom. The van der Waals surface area contributed by atoms with Crippen LogP contribution in [0.2, 0.25) is 0 Å². The van der Waals surface area contributed by atoms with E-state index in [0.717, 1.165) is 30.6 Å². The molecule has 112 valence electrons. The zero-order chi connectivity index (χ0) is 14.7. The van der Waals surface area contributed by atoms with Crippen LogP contribution < -0.4 is 10.6 Å². The van der Waals surface area contributed by atoms with Gasteiger partial charge in [0.15, 0.2) is 0 Å². The highest BCUT2D eigenvalue weighted by Crippen LogP contribution is 2.34. The summed E-state index contributed by atoms with van der Waals surface area (Å²) in [5.74, 6) is 0.551. The summed E-state index contributed by atoms with van der Waals surface area (Å²) in [6, 6.07) is 6.23. The Morgan fingerprint density at radius 2 is 2.00 bits per heavy atom. The number of rotatable bonds is 7. The van der Waals surface area contributed by atoms with Crippen LogP contribution in [-0.2, 0) is 6.42 Å². The first-order valence-corrected chi connectivity index (χ1v) is 7.78. The number of hydrogen-bond acceptors (Lipinski definition) is 2. The van der Waals surface area contributed by atoms with E-state index in [-0.39, 0.29) is 11.9 Å². The third-order valence-corrected chi connectivity index (χ3v) is 3.81. The van der Waals surface area contributed by atoms with Crippen molar-refractivity contribution in [3.05, 3.63) is 29.6 Å². The lowest BCUT2D eigenvalue weighted by atomic mass is 10.1. The Bertz CT molecular complexity index is 439. The van der Waals surface area contributed by atoms with E-state index in [2.05, 4.69) is 18.7 Å². The molecule has 1 aliphatic carbocycles. The van der Waals surface area contributed by atoms with E-state index in [9.17, 15) is 4.39 Å². The van der Waals surface area contributed by atoms with Crippen molar-refractivity contribution in [2.45, 2.75) is 58.5 Å². The lowest BCUT2D eigenvalue weighted by Crippen LogP contribution is -2.28. The maximum absolute atomic E-state index is 14.4. The first-order chi connectivity index (χ1) is 9.47. The van der Waals surface area contributed by atoms with Gasteiger partial charge in [-0.25, -0.2) is 4.39 Å². The number of benzene rings is 1. The van der Waals surface area contributed by atoms with Gasteiger partial charge in [-0.15, -0.1) is 0 Å². The average molecular weight is 278 g/mol. The molecule has 0 aliphatic heterocycles. The summed E-state index contributed by atoms with van der Waals surface area (Å²) in [5.41, 5.74) is 7.53. The van der Waals surface area contributed by atoms with Gasteiger partial charge in [0.2, 0.25) is 0 Å². The molecule has 0 amide bonds. The summed E-state index contributed by atoms with van der Waals surface area (Å²) in [4.78, 5) is 2.25. The largest absolute Gasteiger partial charge is 0.366 e.